The molecule has 4 rings (SSSR count). The van der Waals surface area contributed by atoms with Gasteiger partial charge < -0.3 is 15.0 Å². The highest BCUT2D eigenvalue weighted by Crippen LogP contribution is 2.29. The van der Waals surface area contributed by atoms with E-state index in [1.807, 2.05) is 56.3 Å². The van der Waals surface area contributed by atoms with E-state index in [-0.39, 0.29) is 12.0 Å². The molecule has 29 heavy (non-hydrogen) atoms. The molecule has 1 amide bonds. The molecule has 1 atom stereocenters. The Bertz CT molecular complexity index is 1040. The molecule has 0 fully saturated rings. The maximum Gasteiger partial charge on any atom is 0.251 e. The number of ether oxygens (including phenoxy) is 1. The van der Waals surface area contributed by atoms with Crippen LogP contribution in [0.2, 0.25) is 0 Å². The molecular formula is C22H23N5O2. The number of anilines is 1. The number of pyridine rings is 1. The van der Waals surface area contributed by atoms with Crippen LogP contribution in [0.1, 0.15) is 28.5 Å². The molecule has 1 aromatic carbocycles. The van der Waals surface area contributed by atoms with Crippen LogP contribution in [0, 0.1) is 0 Å². The monoisotopic (exact) mass is 389 g/mol. The van der Waals surface area contributed by atoms with Gasteiger partial charge in [-0.05, 0) is 42.8 Å². The van der Waals surface area contributed by atoms with Gasteiger partial charge in [-0.1, -0.05) is 0 Å². The van der Waals surface area contributed by atoms with Crippen molar-refractivity contribution in [3.63, 3.8) is 0 Å². The SMILES string of the molecule is CC1Cc2cc(C(=O)NCc3cc(N(C)C)nc(-c4cccnc4)n3)ccc2O1. The summed E-state index contributed by atoms with van der Waals surface area (Å²) >= 11 is 0. The maximum atomic E-state index is 12.7. The maximum absolute atomic E-state index is 12.7. The lowest BCUT2D eigenvalue weighted by atomic mass is 10.1. The zero-order chi connectivity index (χ0) is 20.4. The van der Waals surface area contributed by atoms with Gasteiger partial charge in [0.2, 0.25) is 0 Å². The number of aromatic nitrogens is 3. The molecule has 148 valence electrons. The van der Waals surface area contributed by atoms with Crippen molar-refractivity contribution in [3.05, 3.63) is 65.6 Å². The van der Waals surface area contributed by atoms with Gasteiger partial charge in [0.05, 0.1) is 12.2 Å². The van der Waals surface area contributed by atoms with Crippen LogP contribution in [-0.4, -0.2) is 41.1 Å². The number of hydrogen-bond donors (Lipinski definition) is 1. The van der Waals surface area contributed by atoms with Gasteiger partial charge in [0, 0.05) is 50.1 Å². The van der Waals surface area contributed by atoms with Crippen LogP contribution in [0.15, 0.2) is 48.8 Å². The van der Waals surface area contributed by atoms with Crippen molar-refractivity contribution < 1.29 is 9.53 Å². The predicted octanol–water partition coefficient (Wildman–Crippen LogP) is 2.86. The standard InChI is InChI=1S/C22H23N5O2/c1-14-9-17-10-15(6-7-19(17)29-14)22(28)24-13-18-11-20(27(2)3)26-21(25-18)16-5-4-8-23-12-16/h4-8,10-12,14H,9,13H2,1-3H3,(H,24,28). The van der Waals surface area contributed by atoms with Crippen molar-refractivity contribution in [1.82, 2.24) is 20.3 Å². The first-order chi connectivity index (χ1) is 14.0. The molecule has 0 saturated heterocycles. The summed E-state index contributed by atoms with van der Waals surface area (Å²) in [6.45, 7) is 2.33. The minimum absolute atomic E-state index is 0.139. The summed E-state index contributed by atoms with van der Waals surface area (Å²) in [4.78, 5) is 27.9. The highest BCUT2D eigenvalue weighted by molar-refractivity contribution is 5.94. The largest absolute Gasteiger partial charge is 0.490 e. The average Bonchev–Trinajstić information content (AvgIpc) is 3.11. The number of amides is 1. The van der Waals surface area contributed by atoms with Crippen LogP contribution >= 0.6 is 0 Å². The number of hydrogen-bond acceptors (Lipinski definition) is 6. The molecule has 1 aliphatic heterocycles. The van der Waals surface area contributed by atoms with E-state index >= 15 is 0 Å². The number of rotatable bonds is 5. The number of benzene rings is 1. The second-order valence-corrected chi connectivity index (χ2v) is 7.31. The molecule has 1 N–H and O–H groups in total. The van der Waals surface area contributed by atoms with Crippen LogP contribution < -0.4 is 15.0 Å². The number of carbonyl (C=O) groups is 1. The number of fused-ring (bicyclic) bond motifs is 1. The third-order valence-corrected chi connectivity index (χ3v) is 4.73. The summed E-state index contributed by atoms with van der Waals surface area (Å²) in [6, 6.07) is 11.2. The van der Waals surface area contributed by atoms with Crippen molar-refractivity contribution in [2.75, 3.05) is 19.0 Å². The van der Waals surface area contributed by atoms with Gasteiger partial charge in [0.1, 0.15) is 17.7 Å². The highest BCUT2D eigenvalue weighted by atomic mass is 16.5. The van der Waals surface area contributed by atoms with Crippen LogP contribution in [0.5, 0.6) is 5.75 Å². The minimum atomic E-state index is -0.139. The summed E-state index contributed by atoms with van der Waals surface area (Å²) in [5, 5.41) is 2.96. The van der Waals surface area contributed by atoms with E-state index in [9.17, 15) is 4.79 Å². The molecule has 0 saturated carbocycles. The fourth-order valence-corrected chi connectivity index (χ4v) is 3.26. The molecule has 3 heterocycles. The average molecular weight is 389 g/mol. The number of nitrogens with zero attached hydrogens (tertiary/aromatic N) is 4. The normalized spacial score (nSPS) is 14.8. The molecule has 0 aliphatic carbocycles. The molecule has 3 aromatic rings. The lowest BCUT2D eigenvalue weighted by Crippen LogP contribution is -2.24. The lowest BCUT2D eigenvalue weighted by Gasteiger charge is -2.14. The van der Waals surface area contributed by atoms with Crippen LogP contribution in [0.25, 0.3) is 11.4 Å². The third-order valence-electron chi connectivity index (χ3n) is 4.73. The Morgan fingerprint density at radius 3 is 2.86 bits per heavy atom. The van der Waals surface area contributed by atoms with E-state index in [1.54, 1.807) is 18.5 Å². The quantitative estimate of drug-likeness (QED) is 0.723. The minimum Gasteiger partial charge on any atom is -0.490 e. The lowest BCUT2D eigenvalue weighted by molar-refractivity contribution is 0.0950. The topological polar surface area (TPSA) is 80.2 Å². The number of nitrogens with one attached hydrogen (secondary N) is 1. The fourth-order valence-electron chi connectivity index (χ4n) is 3.26. The Labute approximate surface area is 169 Å². The molecule has 2 aromatic heterocycles. The van der Waals surface area contributed by atoms with E-state index in [2.05, 4.69) is 20.3 Å². The Morgan fingerprint density at radius 1 is 1.24 bits per heavy atom. The van der Waals surface area contributed by atoms with Gasteiger partial charge in [-0.15, -0.1) is 0 Å². The van der Waals surface area contributed by atoms with E-state index in [0.717, 1.165) is 34.8 Å². The molecular weight excluding hydrogens is 366 g/mol. The van der Waals surface area contributed by atoms with Crippen molar-refractivity contribution in [2.24, 2.45) is 0 Å². The van der Waals surface area contributed by atoms with E-state index in [1.165, 1.54) is 0 Å². The van der Waals surface area contributed by atoms with Crippen molar-refractivity contribution in [1.29, 1.82) is 0 Å². The fraction of sp³-hybridized carbons (Fsp3) is 0.273. The molecule has 1 aliphatic rings. The van der Waals surface area contributed by atoms with Crippen LogP contribution in [0.4, 0.5) is 5.82 Å². The van der Waals surface area contributed by atoms with Gasteiger partial charge in [-0.3, -0.25) is 9.78 Å². The third kappa shape index (κ3) is 4.18. The van der Waals surface area contributed by atoms with Crippen LogP contribution in [-0.2, 0) is 13.0 Å². The van der Waals surface area contributed by atoms with Crippen molar-refractivity contribution >= 4 is 11.7 Å². The first kappa shape index (κ1) is 18.9. The second-order valence-electron chi connectivity index (χ2n) is 7.31. The molecule has 0 radical (unpaired) electrons. The predicted molar refractivity (Wildman–Crippen MR) is 111 cm³/mol. The Balaban J connectivity index is 1.53. The first-order valence-corrected chi connectivity index (χ1v) is 9.53. The smallest absolute Gasteiger partial charge is 0.251 e. The van der Waals surface area contributed by atoms with Gasteiger partial charge in [-0.2, -0.15) is 0 Å². The van der Waals surface area contributed by atoms with Gasteiger partial charge >= 0.3 is 0 Å². The highest BCUT2D eigenvalue weighted by Gasteiger charge is 2.20. The summed E-state index contributed by atoms with van der Waals surface area (Å²) in [5.41, 5.74) is 3.25. The molecule has 7 nitrogen and oxygen atoms in total. The zero-order valence-corrected chi connectivity index (χ0v) is 16.7. The van der Waals surface area contributed by atoms with Crippen molar-refractivity contribution in [2.45, 2.75) is 26.0 Å². The molecule has 0 bridgehead atoms. The van der Waals surface area contributed by atoms with E-state index < -0.39 is 0 Å². The van der Waals surface area contributed by atoms with Gasteiger partial charge in [0.25, 0.3) is 5.91 Å². The van der Waals surface area contributed by atoms with E-state index in [4.69, 9.17) is 4.74 Å². The molecule has 0 spiro atoms. The Kier molecular flexibility index (Phi) is 5.12. The zero-order valence-electron chi connectivity index (χ0n) is 16.7. The second kappa shape index (κ2) is 7.87. The summed E-state index contributed by atoms with van der Waals surface area (Å²) in [7, 11) is 3.84. The Morgan fingerprint density at radius 2 is 2.10 bits per heavy atom. The Hall–Kier alpha value is -3.48. The summed E-state index contributed by atoms with van der Waals surface area (Å²) < 4.78 is 5.70. The molecule has 7 heteroatoms. The summed E-state index contributed by atoms with van der Waals surface area (Å²) in [5.74, 6) is 2.07. The van der Waals surface area contributed by atoms with Gasteiger partial charge in [0.15, 0.2) is 5.82 Å². The van der Waals surface area contributed by atoms with E-state index in [0.29, 0.717) is 17.9 Å². The van der Waals surface area contributed by atoms with Gasteiger partial charge in [-0.25, -0.2) is 9.97 Å². The van der Waals surface area contributed by atoms with Crippen LogP contribution in [0.3, 0.4) is 0 Å². The molecule has 1 unspecified atom stereocenters. The number of carbonyl (C=O) groups excluding carboxylic acids is 1. The van der Waals surface area contributed by atoms with Crippen molar-refractivity contribution in [3.8, 4) is 17.1 Å². The first-order valence-electron chi connectivity index (χ1n) is 9.53. The summed E-state index contributed by atoms with van der Waals surface area (Å²) in [6.07, 6.45) is 4.41.